The maximum absolute atomic E-state index is 6.29. The molecule has 0 saturated carbocycles. The molecule has 25 heavy (non-hydrogen) atoms. The third-order valence-corrected chi connectivity index (χ3v) is 4.44. The number of nitrogens with zero attached hydrogens (tertiary/aromatic N) is 3. The first-order valence-corrected chi connectivity index (χ1v) is 8.32. The highest BCUT2D eigenvalue weighted by molar-refractivity contribution is 6.32. The van der Waals surface area contributed by atoms with Crippen LogP contribution < -0.4 is 4.74 Å². The number of benzene rings is 2. The first kappa shape index (κ1) is 15.7. The van der Waals surface area contributed by atoms with Gasteiger partial charge in [-0.05, 0) is 23.8 Å². The topological polar surface area (TPSA) is 39.9 Å². The average molecular weight is 350 g/mol. The van der Waals surface area contributed by atoms with E-state index in [1.165, 1.54) is 0 Å². The number of methoxy groups -OCH3 is 1. The third kappa shape index (κ3) is 3.08. The fourth-order valence-electron chi connectivity index (χ4n) is 2.82. The van der Waals surface area contributed by atoms with Crippen LogP contribution in [0.25, 0.3) is 22.6 Å². The van der Waals surface area contributed by atoms with Gasteiger partial charge < -0.3 is 9.30 Å². The van der Waals surface area contributed by atoms with Crippen molar-refractivity contribution in [2.24, 2.45) is 0 Å². The molecular weight excluding hydrogens is 334 g/mol. The van der Waals surface area contributed by atoms with E-state index >= 15 is 0 Å². The van der Waals surface area contributed by atoms with Crippen LogP contribution in [0.2, 0.25) is 5.15 Å². The van der Waals surface area contributed by atoms with Gasteiger partial charge in [-0.25, -0.2) is 9.97 Å². The van der Waals surface area contributed by atoms with Gasteiger partial charge in [0.1, 0.15) is 16.7 Å². The largest absolute Gasteiger partial charge is 0.497 e. The zero-order valence-corrected chi connectivity index (χ0v) is 14.4. The molecule has 0 radical (unpaired) electrons. The molecule has 0 spiro atoms. The zero-order chi connectivity index (χ0) is 17.2. The van der Waals surface area contributed by atoms with Crippen LogP contribution in [0.4, 0.5) is 0 Å². The van der Waals surface area contributed by atoms with Crippen LogP contribution in [-0.2, 0) is 6.54 Å². The van der Waals surface area contributed by atoms with E-state index in [2.05, 4.69) is 4.98 Å². The highest BCUT2D eigenvalue weighted by Crippen LogP contribution is 2.33. The summed E-state index contributed by atoms with van der Waals surface area (Å²) in [7, 11) is 1.66. The highest BCUT2D eigenvalue weighted by Gasteiger charge is 2.18. The lowest BCUT2D eigenvalue weighted by Crippen LogP contribution is -2.06. The van der Waals surface area contributed by atoms with Crippen molar-refractivity contribution in [2.75, 3.05) is 7.11 Å². The van der Waals surface area contributed by atoms with E-state index < -0.39 is 0 Å². The maximum atomic E-state index is 6.29. The van der Waals surface area contributed by atoms with E-state index in [9.17, 15) is 0 Å². The highest BCUT2D eigenvalue weighted by atomic mass is 35.5. The summed E-state index contributed by atoms with van der Waals surface area (Å²) >= 11 is 6.29. The van der Waals surface area contributed by atoms with Gasteiger partial charge in [0.15, 0.2) is 0 Å². The minimum absolute atomic E-state index is 0.468. The monoisotopic (exact) mass is 349 g/mol. The standard InChI is InChI=1S/C20H16ClN3O/c1-25-16-9-7-14(8-10-16)12-24-13-22-19(21)17-11-18(23-20(17)24)15-5-3-2-4-6-15/h2-11,13H,12H2,1H3. The van der Waals surface area contributed by atoms with Crippen LogP contribution in [0.3, 0.4) is 0 Å². The van der Waals surface area contributed by atoms with E-state index in [4.69, 9.17) is 21.3 Å². The maximum Gasteiger partial charge on any atom is 0.145 e. The van der Waals surface area contributed by atoms with Gasteiger partial charge in [0.2, 0.25) is 0 Å². The molecule has 5 heteroatoms. The van der Waals surface area contributed by atoms with Gasteiger partial charge in [-0.2, -0.15) is 0 Å². The van der Waals surface area contributed by atoms with E-state index in [0.29, 0.717) is 11.7 Å². The van der Waals surface area contributed by atoms with E-state index in [-0.39, 0.29) is 0 Å². The number of hydrogen-bond donors (Lipinski definition) is 0. The predicted molar refractivity (Wildman–Crippen MR) is 99.2 cm³/mol. The van der Waals surface area contributed by atoms with Gasteiger partial charge in [0.25, 0.3) is 0 Å². The van der Waals surface area contributed by atoms with Crippen LogP contribution in [-0.4, -0.2) is 21.6 Å². The SMILES string of the molecule is COc1ccc(Cn2cnc(Cl)c3cc(-c4ccccc4)nc2-3)cc1. The number of fused-ring (bicyclic) bond motifs is 1. The summed E-state index contributed by atoms with van der Waals surface area (Å²) in [6, 6.07) is 20.0. The quantitative estimate of drug-likeness (QED) is 0.499. The van der Waals surface area contributed by atoms with E-state index in [1.807, 2.05) is 65.2 Å². The van der Waals surface area contributed by atoms with Crippen molar-refractivity contribution in [1.82, 2.24) is 14.5 Å². The average Bonchev–Trinajstić information content (AvgIpc) is 3.12. The molecule has 2 heterocycles. The van der Waals surface area contributed by atoms with Crippen LogP contribution in [0.1, 0.15) is 5.56 Å². The second-order valence-electron chi connectivity index (χ2n) is 5.76. The van der Waals surface area contributed by atoms with Gasteiger partial charge >= 0.3 is 0 Å². The Morgan fingerprint density at radius 2 is 1.80 bits per heavy atom. The minimum atomic E-state index is 0.468. The van der Waals surface area contributed by atoms with Gasteiger partial charge in [-0.15, -0.1) is 0 Å². The lowest BCUT2D eigenvalue weighted by molar-refractivity contribution is 0.414. The molecule has 0 aromatic heterocycles. The molecule has 0 unspecified atom stereocenters. The Morgan fingerprint density at radius 3 is 2.52 bits per heavy atom. The molecule has 2 aromatic rings. The Bertz CT molecular complexity index is 964. The lowest BCUT2D eigenvalue weighted by Gasteiger charge is -2.12. The first-order chi connectivity index (χ1) is 12.2. The normalized spacial score (nSPS) is 11.0. The van der Waals surface area contributed by atoms with E-state index in [0.717, 1.165) is 34.0 Å². The Labute approximate surface area is 151 Å². The predicted octanol–water partition coefficient (Wildman–Crippen LogP) is 4.76. The van der Waals surface area contributed by atoms with E-state index in [1.54, 1.807) is 13.4 Å². The summed E-state index contributed by atoms with van der Waals surface area (Å²) in [4.78, 5) is 9.10. The molecule has 0 fully saturated rings. The summed E-state index contributed by atoms with van der Waals surface area (Å²) in [6.07, 6.45) is 1.73. The first-order valence-electron chi connectivity index (χ1n) is 7.94. The molecular formula is C20H16ClN3O. The van der Waals surface area contributed by atoms with Crippen molar-refractivity contribution in [3.05, 3.63) is 77.7 Å². The van der Waals surface area contributed by atoms with Gasteiger partial charge in [0.05, 0.1) is 31.2 Å². The number of rotatable bonds is 4. The summed E-state index contributed by atoms with van der Waals surface area (Å²) in [5.41, 5.74) is 3.96. The molecule has 2 aliphatic rings. The lowest BCUT2D eigenvalue weighted by atomic mass is 10.1. The van der Waals surface area contributed by atoms with Gasteiger partial charge in [-0.1, -0.05) is 54.1 Å². The van der Waals surface area contributed by atoms with Crippen molar-refractivity contribution in [3.8, 4) is 28.4 Å². The van der Waals surface area contributed by atoms with Crippen molar-refractivity contribution >= 4 is 11.6 Å². The minimum Gasteiger partial charge on any atom is -0.497 e. The molecule has 4 nitrogen and oxygen atoms in total. The van der Waals surface area contributed by atoms with Crippen molar-refractivity contribution in [2.45, 2.75) is 6.54 Å². The van der Waals surface area contributed by atoms with Crippen LogP contribution in [0.15, 0.2) is 67.0 Å². The molecule has 2 aliphatic heterocycles. The Morgan fingerprint density at radius 1 is 1.04 bits per heavy atom. The second kappa shape index (κ2) is 6.57. The van der Waals surface area contributed by atoms with Crippen LogP contribution >= 0.6 is 11.6 Å². The zero-order valence-electron chi connectivity index (χ0n) is 13.7. The smallest absolute Gasteiger partial charge is 0.145 e. The molecule has 0 aliphatic carbocycles. The summed E-state index contributed by atoms with van der Waals surface area (Å²) in [6.45, 7) is 0.663. The molecule has 0 amide bonds. The molecule has 124 valence electrons. The number of hydrogen-bond acceptors (Lipinski definition) is 3. The Kier molecular flexibility index (Phi) is 4.12. The number of halogens is 1. The molecule has 4 rings (SSSR count). The number of aromatic nitrogens is 3. The molecule has 0 bridgehead atoms. The molecule has 2 aromatic carbocycles. The van der Waals surface area contributed by atoms with Gasteiger partial charge in [-0.3, -0.25) is 0 Å². The Hall–Kier alpha value is -2.85. The molecule has 0 atom stereocenters. The summed E-state index contributed by atoms with van der Waals surface area (Å²) in [5.74, 6) is 1.67. The molecule has 0 N–H and O–H groups in total. The second-order valence-corrected chi connectivity index (χ2v) is 6.11. The number of ether oxygens (including phenoxy) is 1. The summed E-state index contributed by atoms with van der Waals surface area (Å²) in [5, 5.41) is 0.468. The molecule has 0 saturated heterocycles. The summed E-state index contributed by atoms with van der Waals surface area (Å²) < 4.78 is 7.22. The fourth-order valence-corrected chi connectivity index (χ4v) is 3.01. The van der Waals surface area contributed by atoms with Crippen molar-refractivity contribution < 1.29 is 4.74 Å². The van der Waals surface area contributed by atoms with Crippen molar-refractivity contribution in [3.63, 3.8) is 0 Å². The van der Waals surface area contributed by atoms with Crippen LogP contribution in [0, 0.1) is 0 Å². The van der Waals surface area contributed by atoms with Crippen LogP contribution in [0.5, 0.6) is 5.75 Å². The van der Waals surface area contributed by atoms with Gasteiger partial charge in [0, 0.05) is 5.56 Å². The third-order valence-electron chi connectivity index (χ3n) is 4.13. The fraction of sp³-hybridized carbons (Fsp3) is 0.100. The van der Waals surface area contributed by atoms with Crippen molar-refractivity contribution in [1.29, 1.82) is 0 Å². The Balaban J connectivity index is 1.74.